The smallest absolute Gasteiger partial charge is 0.267 e. The van der Waals surface area contributed by atoms with Gasteiger partial charge in [-0.1, -0.05) is 35.3 Å². The lowest BCUT2D eigenvalue weighted by Gasteiger charge is -2.15. The van der Waals surface area contributed by atoms with Gasteiger partial charge < -0.3 is 0 Å². The highest BCUT2D eigenvalue weighted by molar-refractivity contribution is 7.89. The Morgan fingerprint density at radius 1 is 1.07 bits per heavy atom. The molecule has 1 aliphatic heterocycles. The van der Waals surface area contributed by atoms with Gasteiger partial charge in [0.05, 0.1) is 21.2 Å². The van der Waals surface area contributed by atoms with E-state index in [0.717, 1.165) is 12.8 Å². The molecule has 1 N–H and O–H groups in total. The number of benzene rings is 2. The Balaban J connectivity index is 1.71. The predicted octanol–water partition coefficient (Wildman–Crippen LogP) is 3.54. The summed E-state index contributed by atoms with van der Waals surface area (Å²) in [6.07, 6.45) is 3.12. The van der Waals surface area contributed by atoms with Crippen molar-refractivity contribution >= 4 is 45.3 Å². The van der Waals surface area contributed by atoms with Gasteiger partial charge in [-0.15, -0.1) is 0 Å². The van der Waals surface area contributed by atoms with Gasteiger partial charge in [0.25, 0.3) is 5.91 Å². The van der Waals surface area contributed by atoms with Crippen molar-refractivity contribution in [1.82, 2.24) is 9.73 Å². The molecule has 0 atom stereocenters. The molecule has 142 valence electrons. The van der Waals surface area contributed by atoms with Crippen LogP contribution in [0.15, 0.2) is 52.5 Å². The Kier molecular flexibility index (Phi) is 6.16. The van der Waals surface area contributed by atoms with Gasteiger partial charge in [0.1, 0.15) is 0 Å². The molecule has 0 aromatic heterocycles. The SMILES string of the molecule is O=C(N/N=C\c1ccc(Cl)c(Cl)c1)c1cccc(S(=O)(=O)N2CCCC2)c1. The fraction of sp³-hybridized carbons (Fsp3) is 0.222. The van der Waals surface area contributed by atoms with E-state index in [4.69, 9.17) is 23.2 Å². The number of hydrogen-bond donors (Lipinski definition) is 1. The van der Waals surface area contributed by atoms with Crippen molar-refractivity contribution in [2.45, 2.75) is 17.7 Å². The zero-order chi connectivity index (χ0) is 19.4. The third-order valence-corrected chi connectivity index (χ3v) is 6.76. The molecule has 9 heteroatoms. The molecule has 3 rings (SSSR count). The van der Waals surface area contributed by atoms with Crippen LogP contribution in [0.25, 0.3) is 0 Å². The Labute approximate surface area is 167 Å². The third-order valence-electron chi connectivity index (χ3n) is 4.12. The lowest BCUT2D eigenvalue weighted by atomic mass is 10.2. The van der Waals surface area contributed by atoms with Crippen molar-refractivity contribution in [3.05, 3.63) is 63.6 Å². The number of nitrogens with one attached hydrogen (secondary N) is 1. The fourth-order valence-corrected chi connectivity index (χ4v) is 4.57. The maximum absolute atomic E-state index is 12.6. The predicted molar refractivity (Wildman–Crippen MR) is 106 cm³/mol. The number of hydrogen-bond acceptors (Lipinski definition) is 4. The van der Waals surface area contributed by atoms with Crippen LogP contribution in [0.4, 0.5) is 0 Å². The Morgan fingerprint density at radius 3 is 2.52 bits per heavy atom. The first-order valence-corrected chi connectivity index (χ1v) is 10.5. The van der Waals surface area contributed by atoms with Gasteiger partial charge in [-0.25, -0.2) is 13.8 Å². The van der Waals surface area contributed by atoms with Crippen LogP contribution in [-0.4, -0.2) is 37.9 Å². The van der Waals surface area contributed by atoms with Crippen molar-refractivity contribution in [2.75, 3.05) is 13.1 Å². The molecule has 0 saturated carbocycles. The van der Waals surface area contributed by atoms with E-state index in [0.29, 0.717) is 28.7 Å². The van der Waals surface area contributed by atoms with Crippen LogP contribution in [0.1, 0.15) is 28.8 Å². The zero-order valence-corrected chi connectivity index (χ0v) is 16.6. The van der Waals surface area contributed by atoms with Gasteiger partial charge in [0.2, 0.25) is 10.0 Å². The first-order valence-electron chi connectivity index (χ1n) is 8.26. The summed E-state index contributed by atoms with van der Waals surface area (Å²) in [4.78, 5) is 12.4. The van der Waals surface area contributed by atoms with Crippen LogP contribution in [0.5, 0.6) is 0 Å². The second-order valence-corrected chi connectivity index (χ2v) is 8.76. The van der Waals surface area contributed by atoms with E-state index in [9.17, 15) is 13.2 Å². The summed E-state index contributed by atoms with van der Waals surface area (Å²) in [5.41, 5.74) is 3.25. The van der Waals surface area contributed by atoms with E-state index in [1.165, 1.54) is 28.7 Å². The van der Waals surface area contributed by atoms with Crippen LogP contribution in [-0.2, 0) is 10.0 Å². The van der Waals surface area contributed by atoms with E-state index in [1.54, 1.807) is 24.3 Å². The lowest BCUT2D eigenvalue weighted by Crippen LogP contribution is -2.28. The Hall–Kier alpha value is -1.93. The van der Waals surface area contributed by atoms with Crippen LogP contribution >= 0.6 is 23.2 Å². The Bertz CT molecular complexity index is 987. The minimum atomic E-state index is -3.58. The minimum absolute atomic E-state index is 0.102. The van der Waals surface area contributed by atoms with Crippen molar-refractivity contribution in [2.24, 2.45) is 5.10 Å². The van der Waals surface area contributed by atoms with E-state index in [2.05, 4.69) is 10.5 Å². The summed E-state index contributed by atoms with van der Waals surface area (Å²) in [6, 6.07) is 10.9. The number of amides is 1. The van der Waals surface area contributed by atoms with E-state index >= 15 is 0 Å². The van der Waals surface area contributed by atoms with E-state index in [1.807, 2.05) is 0 Å². The van der Waals surface area contributed by atoms with Crippen molar-refractivity contribution in [3.8, 4) is 0 Å². The molecular weight excluding hydrogens is 409 g/mol. The summed E-state index contributed by atoms with van der Waals surface area (Å²) < 4.78 is 26.7. The number of nitrogens with zero attached hydrogens (tertiary/aromatic N) is 2. The molecule has 0 bridgehead atoms. The number of hydrazone groups is 1. The molecule has 2 aromatic rings. The zero-order valence-electron chi connectivity index (χ0n) is 14.2. The largest absolute Gasteiger partial charge is 0.271 e. The molecule has 1 fully saturated rings. The number of carbonyl (C=O) groups excluding carboxylic acids is 1. The van der Waals surface area contributed by atoms with E-state index < -0.39 is 15.9 Å². The fourth-order valence-electron chi connectivity index (χ4n) is 2.70. The quantitative estimate of drug-likeness (QED) is 0.587. The molecular formula is C18H17Cl2N3O3S. The normalized spacial score (nSPS) is 15.3. The van der Waals surface area contributed by atoms with Gasteiger partial charge in [-0.3, -0.25) is 4.79 Å². The summed E-state index contributed by atoms with van der Waals surface area (Å²) >= 11 is 11.8. The molecule has 0 unspecified atom stereocenters. The van der Waals surface area contributed by atoms with Gasteiger partial charge in [0, 0.05) is 18.7 Å². The topological polar surface area (TPSA) is 78.8 Å². The maximum atomic E-state index is 12.6. The molecule has 0 spiro atoms. The van der Waals surface area contributed by atoms with Crippen molar-refractivity contribution < 1.29 is 13.2 Å². The molecule has 0 aliphatic carbocycles. The molecule has 1 amide bonds. The Morgan fingerprint density at radius 2 is 1.81 bits per heavy atom. The number of halogens is 2. The number of rotatable bonds is 5. The van der Waals surface area contributed by atoms with Crippen LogP contribution in [0, 0.1) is 0 Å². The third kappa shape index (κ3) is 4.68. The highest BCUT2D eigenvalue weighted by atomic mass is 35.5. The summed E-state index contributed by atoms with van der Waals surface area (Å²) in [5, 5.41) is 4.68. The van der Waals surface area contributed by atoms with Gasteiger partial charge in [-0.05, 0) is 48.7 Å². The first-order chi connectivity index (χ1) is 12.9. The van der Waals surface area contributed by atoms with Crippen LogP contribution < -0.4 is 5.43 Å². The molecule has 6 nitrogen and oxygen atoms in total. The standard InChI is InChI=1S/C18H17Cl2N3O3S/c19-16-7-6-13(10-17(16)20)12-21-22-18(24)14-4-3-5-15(11-14)27(25,26)23-8-1-2-9-23/h3-7,10-12H,1-2,8-9H2,(H,22,24)/b21-12-. The van der Waals surface area contributed by atoms with Crippen molar-refractivity contribution in [3.63, 3.8) is 0 Å². The first kappa shape index (κ1) is 19.8. The second-order valence-electron chi connectivity index (χ2n) is 6.01. The van der Waals surface area contributed by atoms with Gasteiger partial charge in [-0.2, -0.15) is 9.41 Å². The van der Waals surface area contributed by atoms with Crippen molar-refractivity contribution in [1.29, 1.82) is 0 Å². The van der Waals surface area contributed by atoms with Crippen LogP contribution in [0.2, 0.25) is 10.0 Å². The highest BCUT2D eigenvalue weighted by Crippen LogP contribution is 2.22. The molecule has 1 aliphatic rings. The maximum Gasteiger partial charge on any atom is 0.271 e. The molecule has 2 aromatic carbocycles. The molecule has 1 heterocycles. The minimum Gasteiger partial charge on any atom is -0.267 e. The van der Waals surface area contributed by atoms with E-state index in [-0.39, 0.29) is 10.5 Å². The monoisotopic (exact) mass is 425 g/mol. The summed E-state index contributed by atoms with van der Waals surface area (Å²) in [5.74, 6) is -0.509. The molecule has 0 radical (unpaired) electrons. The summed E-state index contributed by atoms with van der Waals surface area (Å²) in [6.45, 7) is 1.01. The lowest BCUT2D eigenvalue weighted by molar-refractivity contribution is 0.0955. The molecule has 27 heavy (non-hydrogen) atoms. The number of carbonyl (C=O) groups is 1. The molecule has 1 saturated heterocycles. The summed E-state index contributed by atoms with van der Waals surface area (Å²) in [7, 11) is -3.58. The average Bonchev–Trinajstić information content (AvgIpc) is 3.20. The second kappa shape index (κ2) is 8.39. The van der Waals surface area contributed by atoms with Gasteiger partial charge in [0.15, 0.2) is 0 Å². The average molecular weight is 426 g/mol. The highest BCUT2D eigenvalue weighted by Gasteiger charge is 2.27. The number of sulfonamides is 1. The van der Waals surface area contributed by atoms with Crippen LogP contribution in [0.3, 0.4) is 0 Å². The van der Waals surface area contributed by atoms with Gasteiger partial charge >= 0.3 is 0 Å².